The van der Waals surface area contributed by atoms with Gasteiger partial charge in [0.25, 0.3) is 5.91 Å². The molecule has 3 aromatic rings. The molecule has 0 bridgehead atoms. The molecule has 0 aliphatic rings. The second kappa shape index (κ2) is 6.96. The first kappa shape index (κ1) is 17.0. The Hall–Kier alpha value is -2.84. The van der Waals surface area contributed by atoms with Crippen LogP contribution in [0, 0.1) is 11.6 Å². The van der Waals surface area contributed by atoms with E-state index in [2.05, 4.69) is 4.98 Å². The number of fused-ring (bicyclic) bond motifs is 1. The SMILES string of the molecule is COCc1c(C(=O)NO)ncc2c1ccn2Cc1ccc(F)cc1F. The van der Waals surface area contributed by atoms with Crippen molar-refractivity contribution in [2.75, 3.05) is 7.11 Å². The second-order valence-corrected chi connectivity index (χ2v) is 5.44. The number of nitrogens with zero attached hydrogens (tertiary/aromatic N) is 2. The van der Waals surface area contributed by atoms with Gasteiger partial charge >= 0.3 is 0 Å². The lowest BCUT2D eigenvalue weighted by Gasteiger charge is -2.10. The molecule has 0 aliphatic heterocycles. The van der Waals surface area contributed by atoms with Crippen molar-refractivity contribution in [3.8, 4) is 0 Å². The summed E-state index contributed by atoms with van der Waals surface area (Å²) in [6.45, 7) is 0.289. The van der Waals surface area contributed by atoms with Crippen LogP contribution >= 0.6 is 0 Å². The van der Waals surface area contributed by atoms with Crippen molar-refractivity contribution in [2.24, 2.45) is 0 Å². The van der Waals surface area contributed by atoms with Crippen LogP contribution < -0.4 is 5.48 Å². The standard InChI is InChI=1S/C17H15F2N3O3/c1-25-9-13-12-4-5-22(8-10-2-3-11(18)6-14(10)19)15(12)7-20-16(13)17(23)21-24/h2-7,24H,8-9H2,1H3,(H,21,23). The molecule has 8 heteroatoms. The number of aromatic nitrogens is 2. The highest BCUT2D eigenvalue weighted by molar-refractivity contribution is 5.98. The van der Waals surface area contributed by atoms with Crippen LogP contribution in [-0.4, -0.2) is 27.8 Å². The lowest BCUT2D eigenvalue weighted by atomic mass is 10.1. The van der Waals surface area contributed by atoms with Gasteiger partial charge < -0.3 is 9.30 Å². The van der Waals surface area contributed by atoms with Gasteiger partial charge in [0.1, 0.15) is 17.3 Å². The van der Waals surface area contributed by atoms with Gasteiger partial charge in [0, 0.05) is 35.9 Å². The molecule has 1 amide bonds. The average Bonchev–Trinajstić information content (AvgIpc) is 3.00. The van der Waals surface area contributed by atoms with Gasteiger partial charge in [-0.1, -0.05) is 6.07 Å². The number of benzene rings is 1. The summed E-state index contributed by atoms with van der Waals surface area (Å²) in [6.07, 6.45) is 3.18. The Balaban J connectivity index is 2.06. The van der Waals surface area contributed by atoms with Crippen LogP contribution in [0.1, 0.15) is 21.6 Å². The molecule has 0 aliphatic carbocycles. The Kier molecular flexibility index (Phi) is 4.73. The first-order valence-corrected chi connectivity index (χ1v) is 7.39. The molecule has 6 nitrogen and oxygen atoms in total. The summed E-state index contributed by atoms with van der Waals surface area (Å²) in [5.41, 5.74) is 3.08. The van der Waals surface area contributed by atoms with Crippen molar-refractivity contribution >= 4 is 16.8 Å². The Morgan fingerprint density at radius 3 is 2.84 bits per heavy atom. The maximum Gasteiger partial charge on any atom is 0.293 e. The number of hydrogen-bond donors (Lipinski definition) is 2. The fraction of sp³-hybridized carbons (Fsp3) is 0.176. The number of methoxy groups -OCH3 is 1. The minimum absolute atomic E-state index is 0.0440. The number of pyridine rings is 1. The molecule has 0 unspecified atom stereocenters. The van der Waals surface area contributed by atoms with Gasteiger partial charge in [-0.25, -0.2) is 19.2 Å². The van der Waals surface area contributed by atoms with Crippen LogP contribution in [-0.2, 0) is 17.9 Å². The predicted molar refractivity (Wildman–Crippen MR) is 85.2 cm³/mol. The molecule has 2 aromatic heterocycles. The fourth-order valence-corrected chi connectivity index (χ4v) is 2.73. The number of halogens is 2. The maximum atomic E-state index is 13.9. The van der Waals surface area contributed by atoms with E-state index in [9.17, 15) is 13.6 Å². The molecule has 1 aromatic carbocycles. The molecule has 2 N–H and O–H groups in total. The van der Waals surface area contributed by atoms with Gasteiger partial charge in [-0.2, -0.15) is 0 Å². The van der Waals surface area contributed by atoms with Gasteiger partial charge in [-0.3, -0.25) is 10.0 Å². The summed E-state index contributed by atoms with van der Waals surface area (Å²) in [5, 5.41) is 9.54. The predicted octanol–water partition coefficient (Wildman–Crippen LogP) is 2.63. The molecule has 25 heavy (non-hydrogen) atoms. The second-order valence-electron chi connectivity index (χ2n) is 5.44. The monoisotopic (exact) mass is 347 g/mol. The zero-order valence-electron chi connectivity index (χ0n) is 13.3. The number of carbonyl (C=O) groups excluding carboxylic acids is 1. The first-order valence-electron chi connectivity index (χ1n) is 7.39. The lowest BCUT2D eigenvalue weighted by molar-refractivity contribution is 0.0696. The van der Waals surface area contributed by atoms with Crippen molar-refractivity contribution < 1.29 is 23.5 Å². The number of carbonyl (C=O) groups is 1. The zero-order valence-corrected chi connectivity index (χ0v) is 13.3. The number of hydrogen-bond acceptors (Lipinski definition) is 4. The minimum atomic E-state index is -0.744. The van der Waals surface area contributed by atoms with Gasteiger partial charge in [0.15, 0.2) is 0 Å². The number of rotatable bonds is 5. The van der Waals surface area contributed by atoms with Crippen molar-refractivity contribution in [1.29, 1.82) is 0 Å². The fourth-order valence-electron chi connectivity index (χ4n) is 2.73. The molecule has 2 heterocycles. The summed E-state index contributed by atoms with van der Waals surface area (Å²) in [4.78, 5) is 15.8. The highest BCUT2D eigenvalue weighted by atomic mass is 19.1. The highest BCUT2D eigenvalue weighted by Gasteiger charge is 2.18. The van der Waals surface area contributed by atoms with E-state index in [0.29, 0.717) is 22.0 Å². The molecule has 130 valence electrons. The van der Waals surface area contributed by atoms with Gasteiger partial charge in [0.2, 0.25) is 0 Å². The first-order chi connectivity index (χ1) is 12.0. The third kappa shape index (κ3) is 3.21. The van der Waals surface area contributed by atoms with Gasteiger partial charge in [-0.05, 0) is 12.1 Å². The number of hydroxylamine groups is 1. The summed E-state index contributed by atoms with van der Waals surface area (Å²) in [7, 11) is 1.48. The molecule has 0 saturated heterocycles. The summed E-state index contributed by atoms with van der Waals surface area (Å²) in [6, 6.07) is 5.16. The van der Waals surface area contributed by atoms with Crippen LogP contribution in [0.15, 0.2) is 36.7 Å². The van der Waals surface area contributed by atoms with E-state index in [0.717, 1.165) is 6.07 Å². The van der Waals surface area contributed by atoms with E-state index in [1.54, 1.807) is 22.3 Å². The lowest BCUT2D eigenvalue weighted by Crippen LogP contribution is -2.22. The highest BCUT2D eigenvalue weighted by Crippen LogP contribution is 2.24. The van der Waals surface area contributed by atoms with E-state index in [-0.39, 0.29) is 18.8 Å². The third-order valence-corrected chi connectivity index (χ3v) is 3.89. The van der Waals surface area contributed by atoms with E-state index in [1.165, 1.54) is 25.4 Å². The quantitative estimate of drug-likeness (QED) is 0.549. The molecule has 0 atom stereocenters. The van der Waals surface area contributed by atoms with Crippen molar-refractivity contribution in [3.05, 3.63) is 65.1 Å². The summed E-state index contributed by atoms with van der Waals surface area (Å²) >= 11 is 0. The molecular formula is C17H15F2N3O3. The van der Waals surface area contributed by atoms with E-state index < -0.39 is 17.5 Å². The number of nitrogens with one attached hydrogen (secondary N) is 1. The Morgan fingerprint density at radius 2 is 2.16 bits per heavy atom. The maximum absolute atomic E-state index is 13.9. The third-order valence-electron chi connectivity index (χ3n) is 3.89. The van der Waals surface area contributed by atoms with E-state index in [4.69, 9.17) is 9.94 Å². The normalized spacial score (nSPS) is 11.0. The Bertz CT molecular complexity index is 940. The van der Waals surface area contributed by atoms with Crippen LogP contribution in [0.25, 0.3) is 10.9 Å². The number of ether oxygens (including phenoxy) is 1. The average molecular weight is 347 g/mol. The zero-order chi connectivity index (χ0) is 18.0. The summed E-state index contributed by atoms with van der Waals surface area (Å²) in [5.74, 6) is -2.02. The van der Waals surface area contributed by atoms with Crippen molar-refractivity contribution in [1.82, 2.24) is 15.0 Å². The molecule has 3 rings (SSSR count). The van der Waals surface area contributed by atoms with Crippen LogP contribution in [0.3, 0.4) is 0 Å². The minimum Gasteiger partial charge on any atom is -0.380 e. The molecule has 0 spiro atoms. The number of amides is 1. The van der Waals surface area contributed by atoms with Crippen LogP contribution in [0.5, 0.6) is 0 Å². The van der Waals surface area contributed by atoms with Crippen molar-refractivity contribution in [3.63, 3.8) is 0 Å². The van der Waals surface area contributed by atoms with Crippen molar-refractivity contribution in [2.45, 2.75) is 13.2 Å². The Labute approximate surface area is 141 Å². The molecule has 0 radical (unpaired) electrons. The molecular weight excluding hydrogens is 332 g/mol. The van der Waals surface area contributed by atoms with Gasteiger partial charge in [-0.15, -0.1) is 0 Å². The van der Waals surface area contributed by atoms with Crippen LogP contribution in [0.4, 0.5) is 8.78 Å². The topological polar surface area (TPSA) is 76.4 Å². The summed E-state index contributed by atoms with van der Waals surface area (Å²) < 4.78 is 33.8. The molecule has 0 saturated carbocycles. The van der Waals surface area contributed by atoms with Gasteiger partial charge in [0.05, 0.1) is 24.9 Å². The molecule has 0 fully saturated rings. The van der Waals surface area contributed by atoms with E-state index in [1.807, 2.05) is 0 Å². The Morgan fingerprint density at radius 1 is 1.36 bits per heavy atom. The van der Waals surface area contributed by atoms with E-state index >= 15 is 0 Å². The largest absolute Gasteiger partial charge is 0.380 e. The van der Waals surface area contributed by atoms with Crippen LogP contribution in [0.2, 0.25) is 0 Å². The smallest absolute Gasteiger partial charge is 0.293 e.